The highest BCUT2D eigenvalue weighted by Crippen LogP contribution is 1.91. The molecule has 3 heteroatoms. The summed E-state index contributed by atoms with van der Waals surface area (Å²) < 4.78 is 4.55. The van der Waals surface area contributed by atoms with Crippen molar-refractivity contribution in [2.24, 2.45) is 0 Å². The van der Waals surface area contributed by atoms with E-state index in [9.17, 15) is 4.79 Å². The van der Waals surface area contributed by atoms with Crippen LogP contribution in [0, 0.1) is 0 Å². The van der Waals surface area contributed by atoms with Gasteiger partial charge >= 0.3 is 5.97 Å². The van der Waals surface area contributed by atoms with Crippen molar-refractivity contribution in [3.8, 4) is 0 Å². The molecule has 0 bridgehead atoms. The van der Waals surface area contributed by atoms with Crippen LogP contribution in [0.4, 0.5) is 0 Å². The van der Waals surface area contributed by atoms with Gasteiger partial charge in [-0.3, -0.25) is 0 Å². The monoisotopic (exact) mass is 132 g/mol. The van der Waals surface area contributed by atoms with Gasteiger partial charge in [0.15, 0.2) is 0 Å². The van der Waals surface area contributed by atoms with Gasteiger partial charge in [-0.15, -0.1) is 11.8 Å². The normalized spacial score (nSPS) is 8.12. The summed E-state index contributed by atoms with van der Waals surface area (Å²) in [4.78, 5) is 10.2. The number of rotatable bonds is 3. The highest BCUT2D eigenvalue weighted by molar-refractivity contribution is 7.98. The maximum atomic E-state index is 10.2. The van der Waals surface area contributed by atoms with Crippen LogP contribution in [0.1, 0.15) is 0 Å². The van der Waals surface area contributed by atoms with E-state index in [0.717, 1.165) is 6.08 Å². The van der Waals surface area contributed by atoms with E-state index in [2.05, 4.69) is 11.3 Å². The number of ether oxygens (including phenoxy) is 1. The van der Waals surface area contributed by atoms with E-state index in [-0.39, 0.29) is 5.97 Å². The summed E-state index contributed by atoms with van der Waals surface area (Å²) >= 11 is 1.45. The van der Waals surface area contributed by atoms with Gasteiger partial charge in [0.05, 0.1) is 0 Å². The molecule has 0 aliphatic heterocycles. The lowest BCUT2D eigenvalue weighted by atomic mass is 10.7. The van der Waals surface area contributed by atoms with Crippen molar-refractivity contribution in [2.75, 3.05) is 12.2 Å². The SMILES string of the molecule is C=CC(=O)OCSC. The molecule has 0 rings (SSSR count). The quantitative estimate of drug-likeness (QED) is 0.326. The van der Waals surface area contributed by atoms with Crippen LogP contribution in [0.15, 0.2) is 12.7 Å². The minimum atomic E-state index is -0.362. The van der Waals surface area contributed by atoms with E-state index in [1.54, 1.807) is 0 Å². The molecule has 0 fully saturated rings. The van der Waals surface area contributed by atoms with Crippen LogP contribution in [0.25, 0.3) is 0 Å². The van der Waals surface area contributed by atoms with Gasteiger partial charge in [0.2, 0.25) is 0 Å². The molecule has 0 saturated heterocycles. The molecular formula is C5H8O2S. The number of carbonyl (C=O) groups is 1. The third-order valence-corrected chi connectivity index (χ3v) is 0.839. The highest BCUT2D eigenvalue weighted by Gasteiger charge is 1.89. The van der Waals surface area contributed by atoms with Gasteiger partial charge in [-0.2, -0.15) is 0 Å². The van der Waals surface area contributed by atoms with Crippen molar-refractivity contribution in [1.29, 1.82) is 0 Å². The summed E-state index contributed by atoms with van der Waals surface area (Å²) in [5, 5.41) is 0. The average Bonchev–Trinajstić information content (AvgIpc) is 1.83. The Hall–Kier alpha value is -0.440. The molecule has 0 N–H and O–H groups in total. The molecular weight excluding hydrogens is 124 g/mol. The predicted molar refractivity (Wildman–Crippen MR) is 34.7 cm³/mol. The molecule has 0 saturated carbocycles. The summed E-state index contributed by atoms with van der Waals surface area (Å²) in [5.41, 5.74) is 0. The van der Waals surface area contributed by atoms with Crippen molar-refractivity contribution in [2.45, 2.75) is 0 Å². The summed E-state index contributed by atoms with van der Waals surface area (Å²) in [6.45, 7) is 3.23. The molecule has 2 nitrogen and oxygen atoms in total. The van der Waals surface area contributed by atoms with E-state index in [4.69, 9.17) is 0 Å². The molecule has 0 atom stereocenters. The van der Waals surface area contributed by atoms with Gasteiger partial charge in [-0.1, -0.05) is 6.58 Å². The van der Waals surface area contributed by atoms with E-state index in [1.165, 1.54) is 11.8 Å². The zero-order valence-corrected chi connectivity index (χ0v) is 5.53. The van der Waals surface area contributed by atoms with Gasteiger partial charge in [-0.25, -0.2) is 4.79 Å². The molecule has 0 amide bonds. The van der Waals surface area contributed by atoms with E-state index in [1.807, 2.05) is 6.26 Å². The number of hydrogen-bond acceptors (Lipinski definition) is 3. The highest BCUT2D eigenvalue weighted by atomic mass is 32.2. The molecule has 0 radical (unpaired) electrons. The number of esters is 1. The van der Waals surface area contributed by atoms with Gasteiger partial charge in [0.1, 0.15) is 5.94 Å². The fourth-order valence-corrected chi connectivity index (χ4v) is 0.410. The minimum absolute atomic E-state index is 0.362. The Labute approximate surface area is 52.9 Å². The Kier molecular flexibility index (Phi) is 4.45. The zero-order chi connectivity index (χ0) is 6.41. The summed E-state index contributed by atoms with van der Waals surface area (Å²) in [6, 6.07) is 0. The van der Waals surface area contributed by atoms with E-state index >= 15 is 0 Å². The summed E-state index contributed by atoms with van der Waals surface area (Å²) in [5.74, 6) is 0.0459. The van der Waals surface area contributed by atoms with Crippen molar-refractivity contribution >= 4 is 17.7 Å². The zero-order valence-electron chi connectivity index (χ0n) is 4.72. The molecule has 0 aromatic rings. The van der Waals surface area contributed by atoms with Crippen LogP contribution in [-0.4, -0.2) is 18.2 Å². The molecule has 0 spiro atoms. The van der Waals surface area contributed by atoms with Crippen molar-refractivity contribution in [3.63, 3.8) is 0 Å². The maximum absolute atomic E-state index is 10.2. The second-order valence-corrected chi connectivity index (χ2v) is 1.89. The molecule has 46 valence electrons. The first-order valence-corrected chi connectivity index (χ1v) is 3.48. The number of carbonyl (C=O) groups excluding carboxylic acids is 1. The van der Waals surface area contributed by atoms with Crippen molar-refractivity contribution in [3.05, 3.63) is 12.7 Å². The Morgan fingerprint density at radius 3 is 3.00 bits per heavy atom. The van der Waals surface area contributed by atoms with Crippen molar-refractivity contribution in [1.82, 2.24) is 0 Å². The van der Waals surface area contributed by atoms with Crippen LogP contribution in [-0.2, 0) is 9.53 Å². The largest absolute Gasteiger partial charge is 0.451 e. The predicted octanol–water partition coefficient (Wildman–Crippen LogP) is 1.04. The molecule has 0 heterocycles. The molecule has 0 aliphatic rings. The third kappa shape index (κ3) is 3.74. The second kappa shape index (κ2) is 4.71. The van der Waals surface area contributed by atoms with Gasteiger partial charge in [-0.05, 0) is 6.26 Å². The van der Waals surface area contributed by atoms with Gasteiger partial charge in [0.25, 0.3) is 0 Å². The Bertz CT molecular complexity index is 90.4. The smallest absolute Gasteiger partial charge is 0.330 e. The van der Waals surface area contributed by atoms with Gasteiger partial charge in [0, 0.05) is 6.08 Å². The van der Waals surface area contributed by atoms with Crippen LogP contribution < -0.4 is 0 Å². The van der Waals surface area contributed by atoms with E-state index < -0.39 is 0 Å². The standard InChI is InChI=1S/C5H8O2S/c1-3-5(6)7-4-8-2/h3H,1,4H2,2H3. The minimum Gasteiger partial charge on any atom is -0.451 e. The number of hydrogen-bond donors (Lipinski definition) is 0. The van der Waals surface area contributed by atoms with Crippen molar-refractivity contribution < 1.29 is 9.53 Å². The van der Waals surface area contributed by atoms with Crippen LogP contribution >= 0.6 is 11.8 Å². The first-order valence-electron chi connectivity index (χ1n) is 2.09. The molecule has 0 aromatic carbocycles. The summed E-state index contributed by atoms with van der Waals surface area (Å²) in [6.07, 6.45) is 3.01. The lowest BCUT2D eigenvalue weighted by Crippen LogP contribution is -1.97. The molecule has 0 unspecified atom stereocenters. The molecule has 8 heavy (non-hydrogen) atoms. The number of thioether (sulfide) groups is 1. The second-order valence-electron chi connectivity index (χ2n) is 1.07. The van der Waals surface area contributed by atoms with E-state index in [0.29, 0.717) is 5.94 Å². The molecule has 0 aromatic heterocycles. The Balaban J connectivity index is 3.11. The van der Waals surface area contributed by atoms with Crippen LogP contribution in [0.2, 0.25) is 0 Å². The first kappa shape index (κ1) is 7.56. The lowest BCUT2D eigenvalue weighted by Gasteiger charge is -1.94. The Morgan fingerprint density at radius 2 is 2.62 bits per heavy atom. The third-order valence-electron chi connectivity index (χ3n) is 0.486. The van der Waals surface area contributed by atoms with Crippen LogP contribution in [0.5, 0.6) is 0 Å². The average molecular weight is 132 g/mol. The Morgan fingerprint density at radius 1 is 2.00 bits per heavy atom. The fourth-order valence-electron chi connectivity index (χ4n) is 0.176. The molecule has 0 aliphatic carbocycles. The first-order chi connectivity index (χ1) is 3.81. The fraction of sp³-hybridized carbons (Fsp3) is 0.400. The van der Waals surface area contributed by atoms with Crippen LogP contribution in [0.3, 0.4) is 0 Å². The summed E-state index contributed by atoms with van der Waals surface area (Å²) in [7, 11) is 0. The van der Waals surface area contributed by atoms with Gasteiger partial charge < -0.3 is 4.74 Å². The topological polar surface area (TPSA) is 26.3 Å². The maximum Gasteiger partial charge on any atom is 0.330 e. The lowest BCUT2D eigenvalue weighted by molar-refractivity contribution is -0.135.